The van der Waals surface area contributed by atoms with Gasteiger partial charge < -0.3 is 5.11 Å². The standard InChI is InChI=1S/C24H48O2/c1-5-9-12-14-15-16-19-22(18-8-4)24(23(25)26,20-11-7-3)21-17-13-10-6-2/h22H,5-21H2,1-4H3,(H,25,26). The van der Waals surface area contributed by atoms with Crippen LogP contribution >= 0.6 is 0 Å². The third-order valence-electron chi connectivity index (χ3n) is 6.20. The molecule has 0 saturated heterocycles. The lowest BCUT2D eigenvalue weighted by molar-refractivity contribution is -0.155. The fraction of sp³-hybridized carbons (Fsp3) is 0.958. The predicted molar refractivity (Wildman–Crippen MR) is 115 cm³/mol. The Kier molecular flexibility index (Phi) is 16.3. The van der Waals surface area contributed by atoms with Crippen molar-refractivity contribution < 1.29 is 9.90 Å². The minimum absolute atomic E-state index is 0.365. The topological polar surface area (TPSA) is 37.3 Å². The first-order chi connectivity index (χ1) is 12.6. The van der Waals surface area contributed by atoms with Gasteiger partial charge in [0, 0.05) is 0 Å². The van der Waals surface area contributed by atoms with Crippen molar-refractivity contribution in [2.45, 2.75) is 137 Å². The summed E-state index contributed by atoms with van der Waals surface area (Å²) >= 11 is 0. The number of carbonyl (C=O) groups is 1. The molecule has 1 N–H and O–H groups in total. The van der Waals surface area contributed by atoms with Crippen LogP contribution < -0.4 is 0 Å². The molecule has 2 nitrogen and oxygen atoms in total. The lowest BCUT2D eigenvalue weighted by Crippen LogP contribution is -2.39. The van der Waals surface area contributed by atoms with E-state index in [4.69, 9.17) is 0 Å². The summed E-state index contributed by atoms with van der Waals surface area (Å²) in [5.74, 6) is -0.142. The average molecular weight is 369 g/mol. The van der Waals surface area contributed by atoms with Crippen LogP contribution in [0.15, 0.2) is 0 Å². The molecule has 0 spiro atoms. The van der Waals surface area contributed by atoms with Crippen molar-refractivity contribution in [2.75, 3.05) is 0 Å². The Labute approximate surface area is 164 Å². The second kappa shape index (κ2) is 16.6. The van der Waals surface area contributed by atoms with Crippen molar-refractivity contribution in [3.05, 3.63) is 0 Å². The molecule has 0 bridgehead atoms. The van der Waals surface area contributed by atoms with Crippen molar-refractivity contribution in [3.63, 3.8) is 0 Å². The maximum absolute atomic E-state index is 12.5. The second-order valence-corrected chi connectivity index (χ2v) is 8.42. The van der Waals surface area contributed by atoms with Gasteiger partial charge in [0.15, 0.2) is 0 Å². The number of carboxylic acid groups (broad SMARTS) is 1. The molecule has 156 valence electrons. The van der Waals surface area contributed by atoms with Gasteiger partial charge in [-0.3, -0.25) is 4.79 Å². The van der Waals surface area contributed by atoms with Crippen LogP contribution in [0, 0.1) is 11.3 Å². The Hall–Kier alpha value is -0.530. The molecule has 0 radical (unpaired) electrons. The molecular formula is C24H48O2. The maximum Gasteiger partial charge on any atom is 0.309 e. The van der Waals surface area contributed by atoms with Crippen LogP contribution in [0.5, 0.6) is 0 Å². The molecule has 0 fully saturated rings. The fourth-order valence-electron chi connectivity index (χ4n) is 4.50. The summed E-state index contributed by atoms with van der Waals surface area (Å²) in [5, 5.41) is 10.3. The summed E-state index contributed by atoms with van der Waals surface area (Å²) in [6, 6.07) is 0. The number of rotatable bonds is 19. The summed E-state index contributed by atoms with van der Waals surface area (Å²) in [4.78, 5) is 12.5. The van der Waals surface area contributed by atoms with E-state index in [1.807, 2.05) is 0 Å². The van der Waals surface area contributed by atoms with Crippen LogP contribution in [0.4, 0.5) is 0 Å². The molecule has 0 amide bonds. The first-order valence-electron chi connectivity index (χ1n) is 11.8. The predicted octanol–water partition coefficient (Wildman–Crippen LogP) is 8.38. The highest BCUT2D eigenvalue weighted by Crippen LogP contribution is 2.44. The lowest BCUT2D eigenvalue weighted by Gasteiger charge is -2.38. The molecule has 0 aromatic heterocycles. The molecule has 26 heavy (non-hydrogen) atoms. The maximum atomic E-state index is 12.5. The highest BCUT2D eigenvalue weighted by atomic mass is 16.4. The highest BCUT2D eigenvalue weighted by molar-refractivity contribution is 5.75. The smallest absolute Gasteiger partial charge is 0.309 e. The van der Waals surface area contributed by atoms with Gasteiger partial charge in [-0.15, -0.1) is 0 Å². The molecule has 0 heterocycles. The van der Waals surface area contributed by atoms with E-state index < -0.39 is 11.4 Å². The molecule has 2 atom stereocenters. The summed E-state index contributed by atoms with van der Waals surface area (Å²) in [7, 11) is 0. The zero-order chi connectivity index (χ0) is 19.7. The number of carboxylic acids is 1. The molecular weight excluding hydrogens is 320 g/mol. The summed E-state index contributed by atoms with van der Waals surface area (Å²) in [6.07, 6.45) is 19.7. The molecule has 0 rings (SSSR count). The quantitative estimate of drug-likeness (QED) is 0.232. The summed E-state index contributed by atoms with van der Waals surface area (Å²) in [6.45, 7) is 8.88. The molecule has 0 aliphatic heterocycles. The first-order valence-corrected chi connectivity index (χ1v) is 11.8. The van der Waals surface area contributed by atoms with E-state index in [9.17, 15) is 9.90 Å². The van der Waals surface area contributed by atoms with Gasteiger partial charge in [-0.1, -0.05) is 111 Å². The van der Waals surface area contributed by atoms with Gasteiger partial charge >= 0.3 is 5.97 Å². The van der Waals surface area contributed by atoms with Crippen LogP contribution in [-0.4, -0.2) is 11.1 Å². The van der Waals surface area contributed by atoms with Crippen molar-refractivity contribution in [1.29, 1.82) is 0 Å². The molecule has 0 aliphatic rings. The Morgan fingerprint density at radius 2 is 1.15 bits per heavy atom. The zero-order valence-corrected chi connectivity index (χ0v) is 18.5. The van der Waals surface area contributed by atoms with Crippen molar-refractivity contribution >= 4 is 5.97 Å². The molecule has 2 heteroatoms. The van der Waals surface area contributed by atoms with E-state index in [2.05, 4.69) is 27.7 Å². The molecule has 0 saturated carbocycles. The SMILES string of the molecule is CCCCCCCCC(CCC)C(CCCC)(CCCCCC)C(=O)O. The van der Waals surface area contributed by atoms with Gasteiger partial charge in [0.05, 0.1) is 5.41 Å². The number of hydrogen-bond donors (Lipinski definition) is 1. The summed E-state index contributed by atoms with van der Waals surface area (Å²) in [5.41, 5.74) is -0.469. The Morgan fingerprint density at radius 3 is 1.69 bits per heavy atom. The van der Waals surface area contributed by atoms with Crippen LogP contribution in [0.1, 0.15) is 137 Å². The highest BCUT2D eigenvalue weighted by Gasteiger charge is 2.43. The van der Waals surface area contributed by atoms with Crippen LogP contribution in [0.2, 0.25) is 0 Å². The van der Waals surface area contributed by atoms with Gasteiger partial charge in [0.1, 0.15) is 0 Å². The Morgan fingerprint density at radius 1 is 0.654 bits per heavy atom. The number of hydrogen-bond acceptors (Lipinski definition) is 1. The average Bonchev–Trinajstić information content (AvgIpc) is 2.63. The zero-order valence-electron chi connectivity index (χ0n) is 18.5. The van der Waals surface area contributed by atoms with Gasteiger partial charge in [0.2, 0.25) is 0 Å². The van der Waals surface area contributed by atoms with Gasteiger partial charge in [-0.2, -0.15) is 0 Å². The van der Waals surface area contributed by atoms with Crippen LogP contribution in [0.25, 0.3) is 0 Å². The Balaban J connectivity index is 4.95. The molecule has 0 aliphatic carbocycles. The minimum atomic E-state index is -0.508. The van der Waals surface area contributed by atoms with Crippen molar-refractivity contribution in [3.8, 4) is 0 Å². The monoisotopic (exact) mass is 368 g/mol. The van der Waals surface area contributed by atoms with Gasteiger partial charge in [0.25, 0.3) is 0 Å². The Bertz CT molecular complexity index is 326. The third-order valence-corrected chi connectivity index (χ3v) is 6.20. The molecule has 2 unspecified atom stereocenters. The van der Waals surface area contributed by atoms with E-state index in [1.165, 1.54) is 57.8 Å². The van der Waals surface area contributed by atoms with E-state index in [0.717, 1.165) is 51.4 Å². The van der Waals surface area contributed by atoms with E-state index >= 15 is 0 Å². The fourth-order valence-corrected chi connectivity index (χ4v) is 4.50. The van der Waals surface area contributed by atoms with Crippen LogP contribution in [-0.2, 0) is 4.79 Å². The third kappa shape index (κ3) is 9.97. The number of aliphatic carboxylic acids is 1. The normalized spacial score (nSPS) is 14.9. The second-order valence-electron chi connectivity index (χ2n) is 8.42. The largest absolute Gasteiger partial charge is 0.481 e. The van der Waals surface area contributed by atoms with E-state index in [-0.39, 0.29) is 0 Å². The van der Waals surface area contributed by atoms with Crippen LogP contribution in [0.3, 0.4) is 0 Å². The van der Waals surface area contributed by atoms with Gasteiger partial charge in [-0.25, -0.2) is 0 Å². The molecule has 0 aromatic rings. The van der Waals surface area contributed by atoms with Gasteiger partial charge in [-0.05, 0) is 31.6 Å². The minimum Gasteiger partial charge on any atom is -0.481 e. The number of unbranched alkanes of at least 4 members (excludes halogenated alkanes) is 9. The lowest BCUT2D eigenvalue weighted by atomic mass is 9.65. The molecule has 0 aromatic carbocycles. The van der Waals surface area contributed by atoms with E-state index in [0.29, 0.717) is 5.92 Å². The summed E-state index contributed by atoms with van der Waals surface area (Å²) < 4.78 is 0. The van der Waals surface area contributed by atoms with Crippen molar-refractivity contribution in [1.82, 2.24) is 0 Å². The van der Waals surface area contributed by atoms with Crippen molar-refractivity contribution in [2.24, 2.45) is 11.3 Å². The first kappa shape index (κ1) is 25.5. The van der Waals surface area contributed by atoms with E-state index in [1.54, 1.807) is 0 Å².